The maximum atomic E-state index is 4.97. The van der Waals surface area contributed by atoms with E-state index in [-0.39, 0.29) is 0 Å². The van der Waals surface area contributed by atoms with Crippen molar-refractivity contribution in [1.82, 2.24) is 19.6 Å². The Bertz CT molecular complexity index is 1120. The molecule has 0 spiro atoms. The summed E-state index contributed by atoms with van der Waals surface area (Å²) >= 11 is 1.80. The number of hydrogen-bond donors (Lipinski definition) is 0. The molecule has 0 fully saturated rings. The molecule has 4 aromatic rings. The lowest BCUT2D eigenvalue weighted by Gasteiger charge is -2.14. The van der Waals surface area contributed by atoms with Crippen molar-refractivity contribution in [3.63, 3.8) is 0 Å². The third kappa shape index (κ3) is 3.14. The van der Waals surface area contributed by atoms with Crippen molar-refractivity contribution in [1.29, 1.82) is 0 Å². The van der Waals surface area contributed by atoms with Crippen LogP contribution in [0.2, 0.25) is 0 Å². The number of hydrogen-bond acceptors (Lipinski definition) is 4. The number of thiophene rings is 1. The van der Waals surface area contributed by atoms with Crippen LogP contribution in [0.4, 0.5) is 0 Å². The molecule has 0 aromatic carbocycles. The van der Waals surface area contributed by atoms with Crippen molar-refractivity contribution in [3.8, 4) is 21.0 Å². The smallest absolute Gasteiger partial charge is 0.158 e. The van der Waals surface area contributed by atoms with Gasteiger partial charge in [-0.15, -0.1) is 11.3 Å². The van der Waals surface area contributed by atoms with E-state index >= 15 is 0 Å². The van der Waals surface area contributed by atoms with Crippen LogP contribution in [0.5, 0.6) is 0 Å². The molecule has 0 aliphatic carbocycles. The second kappa shape index (κ2) is 7.47. The summed E-state index contributed by atoms with van der Waals surface area (Å²) in [6, 6.07) is 8.59. The number of pyridine rings is 1. The van der Waals surface area contributed by atoms with Gasteiger partial charge >= 0.3 is 0 Å². The molecule has 0 radical (unpaired) electrons. The Balaban J connectivity index is 1.93. The second-order valence-electron chi connectivity index (χ2n) is 7.39. The maximum Gasteiger partial charge on any atom is 0.158 e. The van der Waals surface area contributed by atoms with E-state index in [1.54, 1.807) is 11.3 Å². The van der Waals surface area contributed by atoms with Crippen molar-refractivity contribution in [2.24, 2.45) is 0 Å². The molecule has 5 heteroatoms. The molecule has 0 unspecified atom stereocenters. The van der Waals surface area contributed by atoms with E-state index in [1.165, 1.54) is 26.4 Å². The fraction of sp³-hybridized carbons (Fsp3) is 0.348. The molecular weight excluding hydrogens is 364 g/mol. The highest BCUT2D eigenvalue weighted by Crippen LogP contribution is 2.40. The normalized spacial score (nSPS) is 11.6. The first kappa shape index (κ1) is 18.8. The van der Waals surface area contributed by atoms with E-state index in [0.717, 1.165) is 35.6 Å². The van der Waals surface area contributed by atoms with Crippen LogP contribution in [0, 0.1) is 20.8 Å². The summed E-state index contributed by atoms with van der Waals surface area (Å²) in [6.07, 6.45) is 5.91. The van der Waals surface area contributed by atoms with Crippen molar-refractivity contribution in [2.45, 2.75) is 53.4 Å². The first-order valence-electron chi connectivity index (χ1n) is 9.91. The number of aromatic nitrogens is 4. The average Bonchev–Trinajstić information content (AvgIpc) is 3.22. The standard InChI is InChI=1S/C23H26N4S/c1-6-17(7-2)19-13-15(4)26-27-21(16(5)25-23(19)27)22-14(3)12-20(28-22)18-8-10-24-11-9-18/h8-13,17H,6-7H2,1-5H3. The summed E-state index contributed by atoms with van der Waals surface area (Å²) in [5.41, 5.74) is 7.97. The van der Waals surface area contributed by atoms with Gasteiger partial charge in [-0.1, -0.05) is 13.8 Å². The minimum atomic E-state index is 0.510. The summed E-state index contributed by atoms with van der Waals surface area (Å²) in [5.74, 6) is 0.510. The number of fused-ring (bicyclic) bond motifs is 1. The maximum absolute atomic E-state index is 4.97. The lowest BCUT2D eigenvalue weighted by atomic mass is 9.95. The molecule has 4 nitrogen and oxygen atoms in total. The summed E-state index contributed by atoms with van der Waals surface area (Å²) < 4.78 is 2.08. The minimum Gasteiger partial charge on any atom is -0.265 e. The molecular formula is C23H26N4S. The Labute approximate surface area is 170 Å². The van der Waals surface area contributed by atoms with Crippen LogP contribution in [0.25, 0.3) is 26.7 Å². The quantitative estimate of drug-likeness (QED) is 0.399. The van der Waals surface area contributed by atoms with Gasteiger partial charge in [0.1, 0.15) is 5.69 Å². The first-order chi connectivity index (χ1) is 13.5. The van der Waals surface area contributed by atoms with Crippen molar-refractivity contribution >= 4 is 17.0 Å². The molecule has 0 saturated carbocycles. The van der Waals surface area contributed by atoms with Gasteiger partial charge in [-0.2, -0.15) is 5.10 Å². The van der Waals surface area contributed by atoms with Gasteiger partial charge in [-0.3, -0.25) is 4.98 Å². The number of imidazole rings is 1. The highest BCUT2D eigenvalue weighted by Gasteiger charge is 2.22. The lowest BCUT2D eigenvalue weighted by Crippen LogP contribution is -2.05. The average molecular weight is 391 g/mol. The molecule has 0 amide bonds. The monoisotopic (exact) mass is 390 g/mol. The molecule has 0 aliphatic rings. The van der Waals surface area contributed by atoms with Gasteiger partial charge in [0, 0.05) is 22.8 Å². The number of rotatable bonds is 5. The molecule has 144 valence electrons. The zero-order valence-electron chi connectivity index (χ0n) is 17.2. The van der Waals surface area contributed by atoms with Crippen LogP contribution in [-0.4, -0.2) is 19.6 Å². The van der Waals surface area contributed by atoms with E-state index in [9.17, 15) is 0 Å². The van der Waals surface area contributed by atoms with Crippen molar-refractivity contribution < 1.29 is 0 Å². The van der Waals surface area contributed by atoms with Gasteiger partial charge in [0.2, 0.25) is 0 Å². The molecule has 28 heavy (non-hydrogen) atoms. The van der Waals surface area contributed by atoms with E-state index < -0.39 is 0 Å². The topological polar surface area (TPSA) is 43.1 Å². The predicted octanol–water partition coefficient (Wildman–Crippen LogP) is 6.35. The SMILES string of the molecule is CCC(CC)c1cc(C)nn2c(-c3sc(-c4ccncc4)cc3C)c(C)nc12. The molecule has 4 heterocycles. The highest BCUT2D eigenvalue weighted by atomic mass is 32.1. The Hall–Kier alpha value is -2.53. The van der Waals surface area contributed by atoms with E-state index in [2.05, 4.69) is 68.4 Å². The third-order valence-corrected chi connectivity index (χ3v) is 6.73. The minimum absolute atomic E-state index is 0.510. The Morgan fingerprint density at radius 1 is 1.04 bits per heavy atom. The van der Waals surface area contributed by atoms with E-state index in [1.807, 2.05) is 12.4 Å². The molecule has 4 rings (SSSR count). The first-order valence-corrected chi connectivity index (χ1v) is 10.7. The van der Waals surface area contributed by atoms with Crippen LogP contribution >= 0.6 is 11.3 Å². The molecule has 0 N–H and O–H groups in total. The van der Waals surface area contributed by atoms with Crippen LogP contribution in [-0.2, 0) is 0 Å². The zero-order chi connectivity index (χ0) is 19.8. The molecule has 0 saturated heterocycles. The van der Waals surface area contributed by atoms with Crippen LogP contribution in [0.3, 0.4) is 0 Å². The number of nitrogens with zero attached hydrogens (tertiary/aromatic N) is 4. The second-order valence-corrected chi connectivity index (χ2v) is 8.45. The highest BCUT2D eigenvalue weighted by molar-refractivity contribution is 7.19. The largest absolute Gasteiger partial charge is 0.265 e. The Morgan fingerprint density at radius 2 is 1.75 bits per heavy atom. The van der Waals surface area contributed by atoms with Gasteiger partial charge in [0.05, 0.1) is 16.3 Å². The predicted molar refractivity (Wildman–Crippen MR) is 117 cm³/mol. The van der Waals surface area contributed by atoms with Crippen LogP contribution in [0.1, 0.15) is 55.1 Å². The van der Waals surface area contributed by atoms with E-state index in [0.29, 0.717) is 5.92 Å². The summed E-state index contributed by atoms with van der Waals surface area (Å²) in [5, 5.41) is 4.86. The molecule has 0 atom stereocenters. The summed E-state index contributed by atoms with van der Waals surface area (Å²) in [6.45, 7) is 10.9. The molecule has 0 bridgehead atoms. The van der Waals surface area contributed by atoms with Gasteiger partial charge in [-0.05, 0) is 74.9 Å². The van der Waals surface area contributed by atoms with Gasteiger partial charge in [0.25, 0.3) is 0 Å². The zero-order valence-corrected chi connectivity index (χ0v) is 18.0. The lowest BCUT2D eigenvalue weighted by molar-refractivity contribution is 0.638. The third-order valence-electron chi connectivity index (χ3n) is 5.43. The van der Waals surface area contributed by atoms with Crippen LogP contribution < -0.4 is 0 Å². The fourth-order valence-electron chi connectivity index (χ4n) is 3.94. The van der Waals surface area contributed by atoms with Crippen molar-refractivity contribution in [3.05, 3.63) is 59.2 Å². The Kier molecular flexibility index (Phi) is 5.02. The molecule has 0 aliphatic heterocycles. The summed E-state index contributed by atoms with van der Waals surface area (Å²) in [7, 11) is 0. The molecule has 4 aromatic heterocycles. The van der Waals surface area contributed by atoms with E-state index in [4.69, 9.17) is 10.1 Å². The van der Waals surface area contributed by atoms with Gasteiger partial charge in [-0.25, -0.2) is 9.50 Å². The number of aryl methyl sites for hydroxylation is 3. The van der Waals surface area contributed by atoms with Crippen molar-refractivity contribution in [2.75, 3.05) is 0 Å². The fourth-order valence-corrected chi connectivity index (χ4v) is 5.20. The van der Waals surface area contributed by atoms with Gasteiger partial charge in [0.15, 0.2) is 5.65 Å². The van der Waals surface area contributed by atoms with Gasteiger partial charge < -0.3 is 0 Å². The Morgan fingerprint density at radius 3 is 2.43 bits per heavy atom. The summed E-state index contributed by atoms with van der Waals surface area (Å²) in [4.78, 5) is 11.6. The van der Waals surface area contributed by atoms with Crippen LogP contribution in [0.15, 0.2) is 36.7 Å².